The Labute approximate surface area is 104 Å². The van der Waals surface area contributed by atoms with Crippen LogP contribution in [0.4, 0.5) is 0 Å². The molecule has 0 aliphatic rings. The number of aromatic nitrogens is 2. The van der Waals surface area contributed by atoms with Crippen LogP contribution < -0.4 is 0 Å². The second kappa shape index (κ2) is 5.89. The van der Waals surface area contributed by atoms with Crippen molar-refractivity contribution in [3.8, 4) is 0 Å². The Morgan fingerprint density at radius 3 is 2.62 bits per heavy atom. The van der Waals surface area contributed by atoms with E-state index in [-0.39, 0.29) is 0 Å². The minimum absolute atomic E-state index is 0.629. The first-order valence-electron chi connectivity index (χ1n) is 5.57. The normalized spacial score (nSPS) is 12.1. The number of thioether (sulfide) groups is 1. The number of nitrogens with zero attached hydrogens (tertiary/aromatic N) is 2. The lowest BCUT2D eigenvalue weighted by Gasteiger charge is -2.15. The Hall–Kier alpha value is -0.263. The first-order chi connectivity index (χ1) is 7.44. The summed E-state index contributed by atoms with van der Waals surface area (Å²) in [7, 11) is -0.965. The summed E-state index contributed by atoms with van der Waals surface area (Å²) in [6, 6.07) is 1.22. The van der Waals surface area contributed by atoms with Gasteiger partial charge in [-0.05, 0) is 19.2 Å². The van der Waals surface area contributed by atoms with E-state index in [1.165, 1.54) is 11.7 Å². The maximum atomic E-state index is 5.68. The highest BCUT2D eigenvalue weighted by molar-refractivity contribution is 7.98. The van der Waals surface area contributed by atoms with E-state index in [4.69, 9.17) is 4.74 Å². The Morgan fingerprint density at radius 1 is 1.44 bits per heavy atom. The molecule has 0 aromatic carbocycles. The fraction of sp³-hybridized carbons (Fsp3) is 0.727. The molecule has 1 aromatic heterocycles. The Bertz CT molecular complexity index is 333. The molecular weight excluding hydrogens is 236 g/mol. The zero-order chi connectivity index (χ0) is 12.2. The van der Waals surface area contributed by atoms with Gasteiger partial charge in [0.25, 0.3) is 0 Å². The fourth-order valence-corrected chi connectivity index (χ4v) is 2.62. The first kappa shape index (κ1) is 13.8. The molecular formula is C11H22N2OSSi. The summed E-state index contributed by atoms with van der Waals surface area (Å²) < 4.78 is 7.75. The minimum Gasteiger partial charge on any atom is -0.361 e. The highest BCUT2D eigenvalue weighted by atomic mass is 32.2. The van der Waals surface area contributed by atoms with E-state index in [1.807, 2.05) is 12.6 Å². The van der Waals surface area contributed by atoms with Crippen molar-refractivity contribution in [3.05, 3.63) is 12.0 Å². The molecule has 0 amide bonds. The summed E-state index contributed by atoms with van der Waals surface area (Å²) in [5.41, 5.74) is 1.19. The van der Waals surface area contributed by atoms with Crippen molar-refractivity contribution in [2.45, 2.75) is 44.4 Å². The van der Waals surface area contributed by atoms with Gasteiger partial charge in [-0.3, -0.25) is 0 Å². The smallest absolute Gasteiger partial charge is 0.124 e. The lowest BCUT2D eigenvalue weighted by Crippen LogP contribution is -2.22. The number of rotatable bonds is 6. The van der Waals surface area contributed by atoms with E-state index in [0.717, 1.165) is 11.6 Å². The molecule has 0 radical (unpaired) electrons. The van der Waals surface area contributed by atoms with Gasteiger partial charge in [-0.1, -0.05) is 19.6 Å². The molecule has 0 spiro atoms. The molecule has 0 aliphatic heterocycles. The Balaban J connectivity index is 2.35. The van der Waals surface area contributed by atoms with Crippen molar-refractivity contribution in [1.82, 2.24) is 9.55 Å². The van der Waals surface area contributed by atoms with Crippen LogP contribution in [0.5, 0.6) is 0 Å². The molecule has 0 unspecified atom stereocenters. The molecule has 0 saturated heterocycles. The van der Waals surface area contributed by atoms with Crippen LogP contribution in [0.3, 0.4) is 0 Å². The largest absolute Gasteiger partial charge is 0.361 e. The summed E-state index contributed by atoms with van der Waals surface area (Å²) in [5.74, 6) is 0. The van der Waals surface area contributed by atoms with Gasteiger partial charge in [-0.25, -0.2) is 4.98 Å². The highest BCUT2D eigenvalue weighted by Gasteiger charge is 2.12. The van der Waals surface area contributed by atoms with Gasteiger partial charge in [0, 0.05) is 14.7 Å². The zero-order valence-corrected chi connectivity index (χ0v) is 12.7. The molecule has 0 atom stereocenters. The molecule has 16 heavy (non-hydrogen) atoms. The van der Waals surface area contributed by atoms with Crippen LogP contribution >= 0.6 is 11.8 Å². The van der Waals surface area contributed by atoms with Crippen molar-refractivity contribution in [3.63, 3.8) is 0 Å². The SMILES string of the molecule is CSc1ncn(COCC[Si](C)(C)C)c1C. The van der Waals surface area contributed by atoms with Crippen LogP contribution in [0.25, 0.3) is 0 Å². The number of hydrogen-bond donors (Lipinski definition) is 0. The molecule has 3 nitrogen and oxygen atoms in total. The quantitative estimate of drug-likeness (QED) is 0.445. The molecule has 0 aliphatic carbocycles. The van der Waals surface area contributed by atoms with Crippen LogP contribution in [0.15, 0.2) is 11.4 Å². The summed E-state index contributed by atoms with van der Waals surface area (Å²) in [4.78, 5) is 4.32. The van der Waals surface area contributed by atoms with E-state index >= 15 is 0 Å². The third-order valence-electron chi connectivity index (χ3n) is 2.47. The predicted octanol–water partition coefficient (Wildman–Crippen LogP) is 3.23. The van der Waals surface area contributed by atoms with Crippen LogP contribution in [0.1, 0.15) is 5.69 Å². The van der Waals surface area contributed by atoms with Gasteiger partial charge in [0.1, 0.15) is 11.8 Å². The van der Waals surface area contributed by atoms with E-state index in [1.54, 1.807) is 11.8 Å². The van der Waals surface area contributed by atoms with Gasteiger partial charge in [0.2, 0.25) is 0 Å². The molecule has 5 heteroatoms. The van der Waals surface area contributed by atoms with Crippen molar-refractivity contribution in [2.75, 3.05) is 12.9 Å². The zero-order valence-electron chi connectivity index (χ0n) is 10.9. The average molecular weight is 258 g/mol. The molecule has 0 fully saturated rings. The maximum absolute atomic E-state index is 5.68. The van der Waals surface area contributed by atoms with Crippen LogP contribution in [-0.2, 0) is 11.5 Å². The molecule has 0 N–H and O–H groups in total. The van der Waals surface area contributed by atoms with E-state index < -0.39 is 8.07 Å². The lowest BCUT2D eigenvalue weighted by atomic mass is 10.5. The molecule has 1 aromatic rings. The van der Waals surface area contributed by atoms with Gasteiger partial charge in [0.05, 0.1) is 12.0 Å². The van der Waals surface area contributed by atoms with Gasteiger partial charge >= 0.3 is 0 Å². The van der Waals surface area contributed by atoms with Crippen molar-refractivity contribution in [2.24, 2.45) is 0 Å². The molecule has 1 rings (SSSR count). The van der Waals surface area contributed by atoms with E-state index in [9.17, 15) is 0 Å². The summed E-state index contributed by atoms with van der Waals surface area (Å²) >= 11 is 1.68. The summed E-state index contributed by atoms with van der Waals surface area (Å²) in [6.07, 6.45) is 3.90. The monoisotopic (exact) mass is 258 g/mol. The highest BCUT2D eigenvalue weighted by Crippen LogP contribution is 2.17. The number of hydrogen-bond acceptors (Lipinski definition) is 3. The van der Waals surface area contributed by atoms with Crippen molar-refractivity contribution in [1.29, 1.82) is 0 Å². The topological polar surface area (TPSA) is 27.1 Å². The number of ether oxygens (including phenoxy) is 1. The van der Waals surface area contributed by atoms with Crippen LogP contribution in [0.2, 0.25) is 25.7 Å². The fourth-order valence-electron chi connectivity index (χ4n) is 1.30. The van der Waals surface area contributed by atoms with Gasteiger partial charge in [0.15, 0.2) is 0 Å². The molecule has 1 heterocycles. The third-order valence-corrected chi connectivity index (χ3v) is 4.97. The second-order valence-corrected chi connectivity index (χ2v) is 11.6. The van der Waals surface area contributed by atoms with Crippen LogP contribution in [-0.4, -0.2) is 30.5 Å². The Morgan fingerprint density at radius 2 is 2.12 bits per heavy atom. The van der Waals surface area contributed by atoms with E-state index in [0.29, 0.717) is 6.73 Å². The van der Waals surface area contributed by atoms with Crippen molar-refractivity contribution >= 4 is 19.8 Å². The number of imidazole rings is 1. The predicted molar refractivity (Wildman–Crippen MR) is 72.9 cm³/mol. The second-order valence-electron chi connectivity index (χ2n) is 5.16. The molecule has 92 valence electrons. The first-order valence-corrected chi connectivity index (χ1v) is 10.5. The maximum Gasteiger partial charge on any atom is 0.124 e. The molecule has 0 bridgehead atoms. The summed E-state index contributed by atoms with van der Waals surface area (Å²) in [5, 5.41) is 1.09. The third kappa shape index (κ3) is 4.31. The van der Waals surface area contributed by atoms with Crippen LogP contribution in [0, 0.1) is 6.92 Å². The Kier molecular flexibility index (Phi) is 5.08. The molecule has 0 saturated carbocycles. The minimum atomic E-state index is -0.965. The van der Waals surface area contributed by atoms with Gasteiger partial charge in [-0.15, -0.1) is 11.8 Å². The average Bonchev–Trinajstić information content (AvgIpc) is 2.53. The standard InChI is InChI=1S/C11H22N2OSSi/c1-10-11(15-2)12-8-13(10)9-14-6-7-16(3,4)5/h8H,6-7,9H2,1-5H3. The van der Waals surface area contributed by atoms with Gasteiger partial charge in [-0.2, -0.15) is 0 Å². The summed E-state index contributed by atoms with van der Waals surface area (Å²) in [6.45, 7) is 10.7. The lowest BCUT2D eigenvalue weighted by molar-refractivity contribution is 0.0857. The van der Waals surface area contributed by atoms with Gasteiger partial charge < -0.3 is 9.30 Å². The van der Waals surface area contributed by atoms with E-state index in [2.05, 4.69) is 36.1 Å². The van der Waals surface area contributed by atoms with Crippen molar-refractivity contribution < 1.29 is 4.74 Å².